The van der Waals surface area contributed by atoms with E-state index in [1.54, 1.807) is 14.0 Å². The van der Waals surface area contributed by atoms with E-state index in [0.717, 1.165) is 12.3 Å². The van der Waals surface area contributed by atoms with Crippen molar-refractivity contribution in [1.82, 2.24) is 4.98 Å². The molecule has 1 aromatic carbocycles. The number of aryl methyl sites for hydroxylation is 1. The fourth-order valence-electron chi connectivity index (χ4n) is 4.80. The van der Waals surface area contributed by atoms with Gasteiger partial charge in [-0.25, -0.2) is 13.8 Å². The number of carbonyl (C=O) groups is 1. The maximum atomic E-state index is 15.1. The van der Waals surface area contributed by atoms with Gasteiger partial charge in [-0.15, -0.1) is 0 Å². The number of rotatable bonds is 8. The molecule has 36 heavy (non-hydrogen) atoms. The Balaban J connectivity index is 1.60. The van der Waals surface area contributed by atoms with Gasteiger partial charge in [-0.3, -0.25) is 9.79 Å². The molecule has 2 aromatic rings. The number of Topliss-reactive ketones (excluding diaryl/α,β-unsaturated/α-hetero) is 1. The molecule has 3 atom stereocenters. The van der Waals surface area contributed by atoms with Gasteiger partial charge in [0.15, 0.2) is 29.2 Å². The van der Waals surface area contributed by atoms with Crippen LogP contribution in [0, 0.1) is 24.5 Å². The number of benzene rings is 1. The molecule has 2 heterocycles. The average molecular weight is 530 g/mol. The molecule has 12 heteroatoms. The van der Waals surface area contributed by atoms with Crippen molar-refractivity contribution in [1.29, 1.82) is 0 Å². The monoisotopic (exact) mass is 529 g/mol. The lowest BCUT2D eigenvalue weighted by Crippen LogP contribution is -2.38. The summed E-state index contributed by atoms with van der Waals surface area (Å²) in [5.74, 6) is -2.98. The standard InChI is InChI=1S/C24H24F5N3O3S/c1-12-4-14(35-11-24(27,28)29)9-31-20(12)17(33)7-13-5-15(19(26)16(25)6-13)22(2)18-8-23(18,10-34-3)36-21(30)32-22/h4-6,9,18H,7-8,10-11H2,1-3H3,(H2,30,32)/t18-,22+,23+/m0/s1. The van der Waals surface area contributed by atoms with Gasteiger partial charge in [-0.1, -0.05) is 11.8 Å². The minimum absolute atomic E-state index is 0.00268. The molecule has 2 N–H and O–H groups in total. The first-order chi connectivity index (χ1) is 16.8. The molecule has 0 bridgehead atoms. The van der Waals surface area contributed by atoms with E-state index in [4.69, 9.17) is 10.5 Å². The first kappa shape index (κ1) is 26.3. The molecule has 1 aliphatic carbocycles. The first-order valence-corrected chi connectivity index (χ1v) is 11.8. The molecule has 1 saturated carbocycles. The van der Waals surface area contributed by atoms with Crippen molar-refractivity contribution < 1.29 is 36.2 Å². The lowest BCUT2D eigenvalue weighted by atomic mass is 9.84. The van der Waals surface area contributed by atoms with E-state index in [2.05, 4.69) is 14.7 Å². The molecule has 1 fully saturated rings. The number of alkyl halides is 3. The second kappa shape index (κ2) is 9.29. The summed E-state index contributed by atoms with van der Waals surface area (Å²) in [4.78, 5) is 21.3. The van der Waals surface area contributed by atoms with Crippen molar-refractivity contribution in [3.05, 3.63) is 58.4 Å². The summed E-state index contributed by atoms with van der Waals surface area (Å²) >= 11 is 1.37. The van der Waals surface area contributed by atoms with Gasteiger partial charge in [0.25, 0.3) is 0 Å². The highest BCUT2D eigenvalue weighted by molar-refractivity contribution is 8.15. The Bertz CT molecular complexity index is 1240. The number of amidine groups is 1. The number of aromatic nitrogens is 1. The Morgan fingerprint density at radius 1 is 1.28 bits per heavy atom. The summed E-state index contributed by atoms with van der Waals surface area (Å²) in [6.07, 6.45) is -3.15. The Kier molecular flexibility index (Phi) is 6.80. The van der Waals surface area contributed by atoms with Crippen molar-refractivity contribution >= 4 is 22.7 Å². The minimum Gasteiger partial charge on any atom is -0.482 e. The second-order valence-electron chi connectivity index (χ2n) is 9.23. The number of ether oxygens (including phenoxy) is 2. The summed E-state index contributed by atoms with van der Waals surface area (Å²) in [5, 5.41) is 0.247. The number of thioether (sulfide) groups is 1. The van der Waals surface area contributed by atoms with E-state index in [-0.39, 0.29) is 44.8 Å². The topological polar surface area (TPSA) is 86.8 Å². The third-order valence-corrected chi connectivity index (χ3v) is 7.74. The normalized spacial score (nSPS) is 25.2. The maximum Gasteiger partial charge on any atom is 0.422 e. The highest BCUT2D eigenvalue weighted by atomic mass is 32.2. The van der Waals surface area contributed by atoms with Crippen LogP contribution in [0.2, 0.25) is 0 Å². The van der Waals surface area contributed by atoms with Crippen LogP contribution in [0.15, 0.2) is 29.4 Å². The summed E-state index contributed by atoms with van der Waals surface area (Å²) in [6, 6.07) is 3.62. The van der Waals surface area contributed by atoms with Gasteiger partial charge in [0, 0.05) is 25.0 Å². The molecule has 0 spiro atoms. The summed E-state index contributed by atoms with van der Waals surface area (Å²) < 4.78 is 76.5. The van der Waals surface area contributed by atoms with Crippen LogP contribution in [0.5, 0.6) is 5.75 Å². The number of ketones is 1. The van der Waals surface area contributed by atoms with Crippen molar-refractivity contribution in [3.8, 4) is 5.75 Å². The molecule has 194 valence electrons. The molecular formula is C24H24F5N3O3S. The third-order valence-electron chi connectivity index (χ3n) is 6.46. The molecule has 6 nitrogen and oxygen atoms in total. The number of nitrogens with two attached hydrogens (primary N) is 1. The number of methoxy groups -OCH3 is 1. The quantitative estimate of drug-likeness (QED) is 0.394. The molecule has 0 saturated heterocycles. The Labute approximate surface area is 208 Å². The predicted octanol–water partition coefficient (Wildman–Crippen LogP) is 4.72. The van der Waals surface area contributed by atoms with Crippen molar-refractivity contribution in [2.24, 2.45) is 16.6 Å². The SMILES string of the molecule is COC[C@]12C[C@H]1[C@@](C)(c1cc(CC(=O)c3ncc(OCC(F)(F)F)cc3C)cc(F)c1F)N=C(N)S2. The van der Waals surface area contributed by atoms with Gasteiger partial charge >= 0.3 is 6.18 Å². The van der Waals surface area contributed by atoms with Gasteiger partial charge in [-0.2, -0.15) is 13.2 Å². The smallest absolute Gasteiger partial charge is 0.422 e. The number of hydrogen-bond donors (Lipinski definition) is 1. The van der Waals surface area contributed by atoms with E-state index >= 15 is 4.39 Å². The molecule has 4 rings (SSSR count). The number of nitrogens with zero attached hydrogens (tertiary/aromatic N) is 2. The minimum atomic E-state index is -4.52. The zero-order chi connectivity index (χ0) is 26.5. The fraction of sp³-hybridized carbons (Fsp3) is 0.458. The van der Waals surface area contributed by atoms with E-state index < -0.39 is 35.7 Å². The van der Waals surface area contributed by atoms with Crippen molar-refractivity contribution in [2.45, 2.75) is 43.2 Å². The van der Waals surface area contributed by atoms with Crippen molar-refractivity contribution in [3.63, 3.8) is 0 Å². The number of hydrogen-bond acceptors (Lipinski definition) is 7. The van der Waals surface area contributed by atoms with E-state index in [1.165, 1.54) is 30.8 Å². The summed E-state index contributed by atoms with van der Waals surface area (Å²) in [7, 11) is 1.56. The zero-order valence-corrected chi connectivity index (χ0v) is 20.5. The van der Waals surface area contributed by atoms with Gasteiger partial charge in [0.2, 0.25) is 0 Å². The maximum absolute atomic E-state index is 15.1. The molecule has 0 radical (unpaired) electrons. The van der Waals surface area contributed by atoms with Crippen LogP contribution in [-0.4, -0.2) is 47.2 Å². The van der Waals surface area contributed by atoms with Crippen molar-refractivity contribution in [2.75, 3.05) is 20.3 Å². The predicted molar refractivity (Wildman–Crippen MR) is 124 cm³/mol. The largest absolute Gasteiger partial charge is 0.482 e. The molecular weight excluding hydrogens is 505 g/mol. The lowest BCUT2D eigenvalue weighted by molar-refractivity contribution is -0.153. The van der Waals surface area contributed by atoms with Gasteiger partial charge < -0.3 is 15.2 Å². The van der Waals surface area contributed by atoms with Gasteiger partial charge in [0.1, 0.15) is 11.4 Å². The van der Waals surface area contributed by atoms with Crippen LogP contribution in [-0.2, 0) is 16.7 Å². The Morgan fingerprint density at radius 3 is 2.64 bits per heavy atom. The van der Waals surface area contributed by atoms with E-state index in [1.807, 2.05) is 0 Å². The summed E-state index contributed by atoms with van der Waals surface area (Å²) in [5.41, 5.74) is 5.38. The average Bonchev–Trinajstić information content (AvgIpc) is 3.49. The molecule has 0 amide bonds. The van der Waals surface area contributed by atoms with Crippen LogP contribution in [0.3, 0.4) is 0 Å². The fourth-order valence-corrected chi connectivity index (χ4v) is 6.25. The zero-order valence-electron chi connectivity index (χ0n) is 19.7. The van der Waals surface area contributed by atoms with Crippen LogP contribution in [0.4, 0.5) is 22.0 Å². The Morgan fingerprint density at radius 2 is 2.00 bits per heavy atom. The highest BCUT2D eigenvalue weighted by Gasteiger charge is 2.66. The third kappa shape index (κ3) is 5.06. The lowest BCUT2D eigenvalue weighted by Gasteiger charge is -2.34. The second-order valence-corrected chi connectivity index (χ2v) is 10.7. The van der Waals surface area contributed by atoms with Crippen LogP contribution < -0.4 is 10.5 Å². The number of carbonyl (C=O) groups excluding carboxylic acids is 1. The first-order valence-electron chi connectivity index (χ1n) is 11.0. The molecule has 0 unspecified atom stereocenters. The summed E-state index contributed by atoms with van der Waals surface area (Å²) in [6.45, 7) is 2.08. The number of halogens is 5. The van der Waals surface area contributed by atoms with E-state index in [9.17, 15) is 22.4 Å². The molecule has 1 aliphatic heterocycles. The molecule has 1 aromatic heterocycles. The van der Waals surface area contributed by atoms with Gasteiger partial charge in [0.05, 0.1) is 23.1 Å². The highest BCUT2D eigenvalue weighted by Crippen LogP contribution is 2.66. The number of fused-ring (bicyclic) bond motifs is 1. The van der Waals surface area contributed by atoms with Gasteiger partial charge in [-0.05, 0) is 49.6 Å². The Hall–Kier alpha value is -2.73. The van der Waals surface area contributed by atoms with E-state index in [0.29, 0.717) is 18.6 Å². The van der Waals surface area contributed by atoms with Crippen LogP contribution >= 0.6 is 11.8 Å². The molecule has 2 aliphatic rings. The van der Waals surface area contributed by atoms with Crippen LogP contribution in [0.25, 0.3) is 0 Å². The number of pyridine rings is 1. The number of aliphatic imine (C=N–C) groups is 1. The van der Waals surface area contributed by atoms with Crippen LogP contribution in [0.1, 0.15) is 40.5 Å².